The highest BCUT2D eigenvalue weighted by Gasteiger charge is 2.28. The molecule has 0 radical (unpaired) electrons. The van der Waals surface area contributed by atoms with Gasteiger partial charge in [0.05, 0.1) is 37.1 Å². The minimum atomic E-state index is -0.991. The molecule has 4 aromatic rings. The van der Waals surface area contributed by atoms with Crippen LogP contribution in [0.2, 0.25) is 0 Å². The third-order valence-corrected chi connectivity index (χ3v) is 7.16. The van der Waals surface area contributed by atoms with E-state index in [9.17, 15) is 9.18 Å². The van der Waals surface area contributed by atoms with E-state index >= 15 is 4.39 Å². The van der Waals surface area contributed by atoms with Crippen LogP contribution in [0.25, 0.3) is 22.2 Å². The molecule has 0 saturated carbocycles. The Balaban J connectivity index is 1.54. The minimum Gasteiger partial charge on any atom is -0.481 e. The van der Waals surface area contributed by atoms with Crippen LogP contribution in [0.15, 0.2) is 36.7 Å². The number of anilines is 4. The second-order valence-corrected chi connectivity index (χ2v) is 9.61. The number of hydrogen-bond donors (Lipinski definition) is 1. The maximum absolute atomic E-state index is 15.4. The van der Waals surface area contributed by atoms with Crippen molar-refractivity contribution in [2.45, 2.75) is 19.8 Å². The van der Waals surface area contributed by atoms with E-state index < -0.39 is 11.8 Å². The number of rotatable bonds is 6. The number of nitrogens with zero attached hydrogens (tertiary/aromatic N) is 6. The predicted molar refractivity (Wildman–Crippen MR) is 146 cm³/mol. The van der Waals surface area contributed by atoms with E-state index in [0.717, 1.165) is 11.6 Å². The Hall–Kier alpha value is -4.45. The molecule has 206 valence electrons. The molecule has 0 atom stereocenters. The number of amides is 1. The molecule has 2 fully saturated rings. The molecule has 0 spiro atoms. The van der Waals surface area contributed by atoms with Gasteiger partial charge in [0, 0.05) is 73.3 Å². The number of nitrogens with one attached hydrogen (secondary N) is 1. The van der Waals surface area contributed by atoms with E-state index in [-0.39, 0.29) is 16.9 Å². The average molecular weight is 548 g/mol. The summed E-state index contributed by atoms with van der Waals surface area (Å²) in [5.41, 5.74) is 2.81. The second-order valence-electron chi connectivity index (χ2n) is 9.61. The number of ether oxygens (including phenoxy) is 2. The van der Waals surface area contributed by atoms with Gasteiger partial charge in [0.1, 0.15) is 17.5 Å². The zero-order valence-corrected chi connectivity index (χ0v) is 22.1. The van der Waals surface area contributed by atoms with E-state index in [0.29, 0.717) is 85.7 Å². The molecular formula is C28H27F2N7O3. The molecule has 1 amide bonds. The largest absolute Gasteiger partial charge is 0.481 e. The highest BCUT2D eigenvalue weighted by atomic mass is 19.1. The van der Waals surface area contributed by atoms with Crippen LogP contribution in [0.3, 0.4) is 0 Å². The Morgan fingerprint density at radius 2 is 1.88 bits per heavy atom. The van der Waals surface area contributed by atoms with E-state index in [2.05, 4.69) is 25.2 Å². The van der Waals surface area contributed by atoms with Crippen molar-refractivity contribution in [2.24, 2.45) is 0 Å². The van der Waals surface area contributed by atoms with Crippen LogP contribution in [0.5, 0.6) is 5.88 Å². The summed E-state index contributed by atoms with van der Waals surface area (Å²) in [5.74, 6) is -0.398. The molecule has 12 heteroatoms. The molecule has 0 unspecified atom stereocenters. The maximum atomic E-state index is 15.4. The molecule has 2 aliphatic heterocycles. The van der Waals surface area contributed by atoms with Gasteiger partial charge in [0.25, 0.3) is 0 Å². The molecule has 4 aromatic heterocycles. The summed E-state index contributed by atoms with van der Waals surface area (Å²) in [6, 6.07) is 6.21. The van der Waals surface area contributed by atoms with Gasteiger partial charge in [0.2, 0.25) is 17.7 Å². The molecule has 0 bridgehead atoms. The van der Waals surface area contributed by atoms with Gasteiger partial charge < -0.3 is 19.7 Å². The SMILES string of the molecule is COc1ccc(-c2cnc(N3CCOCC3)cc2Nc2c(C)c(N3CCCC3=O)nc3nc(F)cc(F)c23)cn1. The number of carbonyl (C=O) groups is 1. The molecule has 6 rings (SSSR count). The quantitative estimate of drug-likeness (QED) is 0.352. The first-order chi connectivity index (χ1) is 19.4. The molecule has 0 aliphatic carbocycles. The number of morpholine rings is 1. The summed E-state index contributed by atoms with van der Waals surface area (Å²) in [4.78, 5) is 33.6. The summed E-state index contributed by atoms with van der Waals surface area (Å²) in [6.45, 7) is 4.74. The van der Waals surface area contributed by atoms with Gasteiger partial charge in [-0.1, -0.05) is 0 Å². The lowest BCUT2D eigenvalue weighted by Gasteiger charge is -2.29. The fourth-order valence-electron chi connectivity index (χ4n) is 5.10. The summed E-state index contributed by atoms with van der Waals surface area (Å²) < 4.78 is 40.3. The van der Waals surface area contributed by atoms with Crippen LogP contribution in [0.1, 0.15) is 18.4 Å². The second kappa shape index (κ2) is 10.6. The monoisotopic (exact) mass is 547 g/mol. The molecule has 6 heterocycles. The van der Waals surface area contributed by atoms with E-state index in [1.54, 1.807) is 37.4 Å². The zero-order chi connectivity index (χ0) is 27.8. The Labute approximate surface area is 229 Å². The smallest absolute Gasteiger partial charge is 0.228 e. The zero-order valence-electron chi connectivity index (χ0n) is 22.1. The molecular weight excluding hydrogens is 520 g/mol. The normalized spacial score (nSPS) is 15.7. The summed E-state index contributed by atoms with van der Waals surface area (Å²) in [6.07, 6.45) is 4.45. The lowest BCUT2D eigenvalue weighted by Crippen LogP contribution is -2.36. The fourth-order valence-corrected chi connectivity index (χ4v) is 5.10. The van der Waals surface area contributed by atoms with Crippen molar-refractivity contribution < 1.29 is 23.0 Å². The highest BCUT2D eigenvalue weighted by Crippen LogP contribution is 2.40. The van der Waals surface area contributed by atoms with Crippen molar-refractivity contribution in [2.75, 3.05) is 55.1 Å². The van der Waals surface area contributed by atoms with Gasteiger partial charge in [-0.05, 0) is 19.4 Å². The number of pyridine rings is 4. The predicted octanol–water partition coefficient (Wildman–Crippen LogP) is 4.39. The van der Waals surface area contributed by atoms with E-state index in [1.165, 1.54) is 0 Å². The maximum Gasteiger partial charge on any atom is 0.228 e. The highest BCUT2D eigenvalue weighted by molar-refractivity contribution is 6.02. The Morgan fingerprint density at radius 1 is 1.05 bits per heavy atom. The molecule has 10 nitrogen and oxygen atoms in total. The number of halogens is 2. The van der Waals surface area contributed by atoms with Crippen molar-refractivity contribution in [3.8, 4) is 17.0 Å². The Bertz CT molecular complexity index is 1590. The van der Waals surface area contributed by atoms with Crippen LogP contribution < -0.4 is 19.9 Å². The number of hydrogen-bond acceptors (Lipinski definition) is 9. The van der Waals surface area contributed by atoms with Gasteiger partial charge in [-0.2, -0.15) is 9.37 Å². The van der Waals surface area contributed by atoms with Gasteiger partial charge in [-0.15, -0.1) is 0 Å². The Morgan fingerprint density at radius 3 is 2.58 bits per heavy atom. The molecule has 0 aromatic carbocycles. The molecule has 1 N–H and O–H groups in total. The van der Waals surface area contributed by atoms with Crippen LogP contribution in [0.4, 0.5) is 31.8 Å². The molecule has 2 saturated heterocycles. The van der Waals surface area contributed by atoms with E-state index in [1.807, 2.05) is 12.1 Å². The van der Waals surface area contributed by atoms with Gasteiger partial charge in [0.15, 0.2) is 5.65 Å². The van der Waals surface area contributed by atoms with Crippen molar-refractivity contribution in [3.05, 3.63) is 54.0 Å². The lowest BCUT2D eigenvalue weighted by atomic mass is 10.1. The minimum absolute atomic E-state index is 0.0258. The molecule has 2 aliphatic rings. The van der Waals surface area contributed by atoms with Crippen LogP contribution in [-0.4, -0.2) is 65.8 Å². The first-order valence-corrected chi connectivity index (χ1v) is 13.0. The average Bonchev–Trinajstić information content (AvgIpc) is 3.40. The molecule has 40 heavy (non-hydrogen) atoms. The van der Waals surface area contributed by atoms with Gasteiger partial charge >= 0.3 is 0 Å². The fraction of sp³-hybridized carbons (Fsp3) is 0.321. The first-order valence-electron chi connectivity index (χ1n) is 13.0. The van der Waals surface area contributed by atoms with Crippen LogP contribution in [0, 0.1) is 18.7 Å². The van der Waals surface area contributed by atoms with Crippen LogP contribution >= 0.6 is 0 Å². The van der Waals surface area contributed by atoms with Crippen molar-refractivity contribution in [3.63, 3.8) is 0 Å². The number of fused-ring (bicyclic) bond motifs is 1. The van der Waals surface area contributed by atoms with Gasteiger partial charge in [-0.25, -0.2) is 19.3 Å². The van der Waals surface area contributed by atoms with Gasteiger partial charge in [-0.3, -0.25) is 9.69 Å². The van der Waals surface area contributed by atoms with Crippen molar-refractivity contribution >= 4 is 40.0 Å². The van der Waals surface area contributed by atoms with Crippen molar-refractivity contribution in [1.29, 1.82) is 0 Å². The van der Waals surface area contributed by atoms with E-state index in [4.69, 9.17) is 14.5 Å². The number of aromatic nitrogens is 4. The third kappa shape index (κ3) is 4.75. The van der Waals surface area contributed by atoms with Crippen LogP contribution in [-0.2, 0) is 9.53 Å². The summed E-state index contributed by atoms with van der Waals surface area (Å²) >= 11 is 0. The third-order valence-electron chi connectivity index (χ3n) is 7.16. The summed E-state index contributed by atoms with van der Waals surface area (Å²) in [5, 5.41) is 3.42. The topological polar surface area (TPSA) is 106 Å². The number of carbonyl (C=O) groups excluding carboxylic acids is 1. The number of methoxy groups -OCH3 is 1. The summed E-state index contributed by atoms with van der Waals surface area (Å²) in [7, 11) is 1.54. The standard InChI is InChI=1S/C28H27F2N7O3/c1-16-26(25-19(29)12-21(30)34-27(25)35-28(16)37-7-3-4-24(37)38)33-20-13-22(36-8-10-40-11-9-36)31-15-18(20)17-5-6-23(39-2)32-14-17/h5-6,12-15H,3-4,7-11H2,1-2H3,(H,31,33,34,35). The lowest BCUT2D eigenvalue weighted by molar-refractivity contribution is -0.117. The Kier molecular flexibility index (Phi) is 6.84. The van der Waals surface area contributed by atoms with Crippen molar-refractivity contribution in [1.82, 2.24) is 19.9 Å². The first kappa shape index (κ1) is 25.8.